The number of fused-ring (bicyclic) bond motifs is 1. The third kappa shape index (κ3) is 5.30. The number of pyridine rings is 1. The Bertz CT molecular complexity index is 1100. The second kappa shape index (κ2) is 9.06. The molecule has 3 aromatic rings. The third-order valence-electron chi connectivity index (χ3n) is 5.59. The summed E-state index contributed by atoms with van der Waals surface area (Å²) in [6.45, 7) is 3.30. The number of nitrogens with one attached hydrogen (secondary N) is 1. The van der Waals surface area contributed by atoms with Gasteiger partial charge in [0.2, 0.25) is 5.91 Å². The van der Waals surface area contributed by atoms with Crippen molar-refractivity contribution in [2.45, 2.75) is 38.6 Å². The lowest BCUT2D eigenvalue weighted by Gasteiger charge is -2.18. The van der Waals surface area contributed by atoms with Gasteiger partial charge in [-0.25, -0.2) is 4.98 Å². The highest BCUT2D eigenvalue weighted by Crippen LogP contribution is 2.25. The van der Waals surface area contributed by atoms with Crippen LogP contribution in [0.15, 0.2) is 54.6 Å². The molecule has 168 valence electrons. The number of nitrogens with zero attached hydrogens (tertiary/aromatic N) is 2. The number of likely N-dealkylation sites (tertiary alicyclic amines) is 1. The van der Waals surface area contributed by atoms with E-state index < -0.39 is 6.36 Å². The van der Waals surface area contributed by atoms with Gasteiger partial charge in [-0.3, -0.25) is 4.79 Å². The molecule has 1 fully saturated rings. The van der Waals surface area contributed by atoms with Crippen LogP contribution in [0.5, 0.6) is 5.75 Å². The summed E-state index contributed by atoms with van der Waals surface area (Å²) in [5.41, 5.74) is 2.81. The zero-order valence-corrected chi connectivity index (χ0v) is 17.7. The number of hydrogen-bond donors (Lipinski definition) is 1. The first-order valence-electron chi connectivity index (χ1n) is 10.6. The van der Waals surface area contributed by atoms with Gasteiger partial charge in [0.1, 0.15) is 11.6 Å². The van der Waals surface area contributed by atoms with Crippen LogP contribution in [-0.4, -0.2) is 41.3 Å². The third-order valence-corrected chi connectivity index (χ3v) is 5.59. The van der Waals surface area contributed by atoms with Crippen molar-refractivity contribution in [1.82, 2.24) is 9.88 Å². The van der Waals surface area contributed by atoms with E-state index in [4.69, 9.17) is 4.98 Å². The number of carbonyl (C=O) groups is 1. The van der Waals surface area contributed by atoms with Crippen molar-refractivity contribution in [3.8, 4) is 5.75 Å². The minimum Gasteiger partial charge on any atom is -0.406 e. The first kappa shape index (κ1) is 21.9. The van der Waals surface area contributed by atoms with Gasteiger partial charge >= 0.3 is 6.36 Å². The minimum absolute atomic E-state index is 0.0560. The van der Waals surface area contributed by atoms with E-state index in [9.17, 15) is 18.0 Å². The molecular weight excluding hydrogens is 419 g/mol. The van der Waals surface area contributed by atoms with Crippen molar-refractivity contribution in [1.29, 1.82) is 0 Å². The Balaban J connectivity index is 1.35. The van der Waals surface area contributed by atoms with Crippen molar-refractivity contribution in [2.24, 2.45) is 0 Å². The van der Waals surface area contributed by atoms with Crippen LogP contribution in [0, 0.1) is 0 Å². The molecule has 4 rings (SSSR count). The van der Waals surface area contributed by atoms with Gasteiger partial charge in [-0.05, 0) is 48.2 Å². The van der Waals surface area contributed by atoms with Gasteiger partial charge in [-0.15, -0.1) is 13.2 Å². The summed E-state index contributed by atoms with van der Waals surface area (Å²) in [7, 11) is 0. The molecule has 0 saturated carbocycles. The summed E-state index contributed by atoms with van der Waals surface area (Å²) in [6, 6.07) is 15.6. The molecule has 2 heterocycles. The Labute approximate surface area is 184 Å². The average Bonchev–Trinajstić information content (AvgIpc) is 3.22. The highest BCUT2D eigenvalue weighted by molar-refractivity contribution is 5.84. The van der Waals surface area contributed by atoms with E-state index in [1.807, 2.05) is 18.2 Å². The maximum atomic E-state index is 12.7. The molecule has 0 spiro atoms. The molecule has 1 saturated heterocycles. The summed E-state index contributed by atoms with van der Waals surface area (Å²) < 4.78 is 40.7. The first-order chi connectivity index (χ1) is 15.3. The number of rotatable bonds is 6. The topological polar surface area (TPSA) is 54.5 Å². The zero-order valence-electron chi connectivity index (χ0n) is 17.7. The van der Waals surface area contributed by atoms with Crippen LogP contribution < -0.4 is 10.1 Å². The Morgan fingerprint density at radius 2 is 1.94 bits per heavy atom. The van der Waals surface area contributed by atoms with Crippen LogP contribution in [0.3, 0.4) is 0 Å². The lowest BCUT2D eigenvalue weighted by molar-refractivity contribution is -0.274. The number of para-hydroxylation sites is 1. The van der Waals surface area contributed by atoms with Gasteiger partial charge in [-0.1, -0.05) is 37.3 Å². The molecule has 8 heteroatoms. The molecule has 1 aromatic heterocycles. The molecular formula is C24H24F3N3O2. The van der Waals surface area contributed by atoms with Gasteiger partial charge < -0.3 is 15.0 Å². The molecule has 0 bridgehead atoms. The maximum Gasteiger partial charge on any atom is 0.573 e. The van der Waals surface area contributed by atoms with Crippen LogP contribution >= 0.6 is 0 Å². The van der Waals surface area contributed by atoms with Crippen LogP contribution in [-0.2, 0) is 17.6 Å². The SMILES string of the molecule is CCc1cc(N[C@H]2CCN(C(=O)Cc3ccc(OC(F)(F)F)cc3)C2)nc2ccccc12. The predicted octanol–water partition coefficient (Wildman–Crippen LogP) is 4.95. The summed E-state index contributed by atoms with van der Waals surface area (Å²) in [5.74, 6) is 0.452. The fraction of sp³-hybridized carbons (Fsp3) is 0.333. The van der Waals surface area contributed by atoms with E-state index in [0.29, 0.717) is 18.7 Å². The van der Waals surface area contributed by atoms with Crippen LogP contribution in [0.1, 0.15) is 24.5 Å². The minimum atomic E-state index is -4.73. The van der Waals surface area contributed by atoms with E-state index in [-0.39, 0.29) is 24.1 Å². The zero-order chi connectivity index (χ0) is 22.7. The fourth-order valence-corrected chi connectivity index (χ4v) is 4.02. The Hall–Kier alpha value is -3.29. The highest BCUT2D eigenvalue weighted by Gasteiger charge is 2.31. The number of anilines is 1. The molecule has 5 nitrogen and oxygen atoms in total. The summed E-state index contributed by atoms with van der Waals surface area (Å²) >= 11 is 0. The Kier molecular flexibility index (Phi) is 6.21. The van der Waals surface area contributed by atoms with Gasteiger partial charge in [0.15, 0.2) is 0 Å². The van der Waals surface area contributed by atoms with E-state index in [0.717, 1.165) is 29.6 Å². The molecule has 1 aliphatic heterocycles. The largest absolute Gasteiger partial charge is 0.573 e. The van der Waals surface area contributed by atoms with E-state index in [1.54, 1.807) is 4.90 Å². The monoisotopic (exact) mass is 443 g/mol. The maximum absolute atomic E-state index is 12.7. The number of ether oxygens (including phenoxy) is 1. The first-order valence-corrected chi connectivity index (χ1v) is 10.6. The second-order valence-corrected chi connectivity index (χ2v) is 7.88. The summed E-state index contributed by atoms with van der Waals surface area (Å²) in [6.07, 6.45) is -2.89. The number of aryl methyl sites for hydroxylation is 1. The number of aromatic nitrogens is 1. The molecule has 1 aliphatic rings. The van der Waals surface area contributed by atoms with Crippen molar-refractivity contribution in [2.75, 3.05) is 18.4 Å². The second-order valence-electron chi connectivity index (χ2n) is 7.88. The highest BCUT2D eigenvalue weighted by atomic mass is 19.4. The van der Waals surface area contributed by atoms with Gasteiger partial charge in [-0.2, -0.15) is 0 Å². The van der Waals surface area contributed by atoms with E-state index >= 15 is 0 Å². The summed E-state index contributed by atoms with van der Waals surface area (Å²) in [5, 5.41) is 4.61. The van der Waals surface area contributed by atoms with Crippen molar-refractivity contribution >= 4 is 22.6 Å². The smallest absolute Gasteiger partial charge is 0.406 e. The standard InChI is InChI=1S/C24H24F3N3O2/c1-2-17-14-22(29-21-6-4-3-5-20(17)21)28-18-11-12-30(15-18)23(31)13-16-7-9-19(10-8-16)32-24(25,26)27/h3-10,14,18H,2,11-13,15H2,1H3,(H,28,29)/t18-/m0/s1. The fourth-order valence-electron chi connectivity index (χ4n) is 4.02. The number of carbonyl (C=O) groups excluding carboxylic acids is 1. The van der Waals surface area contributed by atoms with Crippen molar-refractivity contribution in [3.05, 3.63) is 65.7 Å². The van der Waals surface area contributed by atoms with Gasteiger partial charge in [0, 0.05) is 24.5 Å². The molecule has 0 radical (unpaired) electrons. The number of hydrogen-bond acceptors (Lipinski definition) is 4. The number of halogens is 3. The Morgan fingerprint density at radius 1 is 1.19 bits per heavy atom. The quantitative estimate of drug-likeness (QED) is 0.586. The van der Waals surface area contributed by atoms with Crippen LogP contribution in [0.2, 0.25) is 0 Å². The Morgan fingerprint density at radius 3 is 2.66 bits per heavy atom. The molecule has 1 amide bonds. The van der Waals surface area contributed by atoms with E-state index in [1.165, 1.54) is 29.8 Å². The number of amides is 1. The molecule has 0 aliphatic carbocycles. The van der Waals surface area contributed by atoms with Crippen LogP contribution in [0.25, 0.3) is 10.9 Å². The molecule has 32 heavy (non-hydrogen) atoms. The number of alkyl halides is 3. The van der Waals surface area contributed by atoms with Crippen molar-refractivity contribution < 1.29 is 22.7 Å². The molecule has 1 N–H and O–H groups in total. The lowest BCUT2D eigenvalue weighted by atomic mass is 10.1. The van der Waals surface area contributed by atoms with Gasteiger partial charge in [0.25, 0.3) is 0 Å². The average molecular weight is 443 g/mol. The van der Waals surface area contributed by atoms with Crippen molar-refractivity contribution in [3.63, 3.8) is 0 Å². The summed E-state index contributed by atoms with van der Waals surface area (Å²) in [4.78, 5) is 19.2. The predicted molar refractivity (Wildman–Crippen MR) is 117 cm³/mol. The normalized spacial score (nSPS) is 16.4. The van der Waals surface area contributed by atoms with Crippen LogP contribution in [0.4, 0.5) is 19.0 Å². The lowest BCUT2D eigenvalue weighted by Crippen LogP contribution is -2.32. The van der Waals surface area contributed by atoms with E-state index in [2.05, 4.69) is 29.1 Å². The molecule has 1 atom stereocenters. The molecule has 2 aromatic carbocycles. The van der Waals surface area contributed by atoms with Gasteiger partial charge in [0.05, 0.1) is 11.9 Å². The molecule has 0 unspecified atom stereocenters. The number of benzene rings is 2.